The van der Waals surface area contributed by atoms with Gasteiger partial charge in [0.25, 0.3) is 0 Å². The summed E-state index contributed by atoms with van der Waals surface area (Å²) >= 11 is 0. The summed E-state index contributed by atoms with van der Waals surface area (Å²) in [5.41, 5.74) is 3.83. The van der Waals surface area contributed by atoms with Gasteiger partial charge in [0.15, 0.2) is 5.78 Å². The number of fused-ring (bicyclic) bond motifs is 3. The van der Waals surface area contributed by atoms with Gasteiger partial charge >= 0.3 is 0 Å². The largest absolute Gasteiger partial charge is 0.489 e. The van der Waals surface area contributed by atoms with Crippen molar-refractivity contribution in [3.63, 3.8) is 0 Å². The van der Waals surface area contributed by atoms with E-state index in [0.717, 1.165) is 47.1 Å². The molecule has 2 aliphatic rings. The maximum atomic E-state index is 13.1. The number of carbonyl (C=O) groups excluding carboxylic acids is 2. The zero-order chi connectivity index (χ0) is 22.4. The topological polar surface area (TPSA) is 64.4 Å². The minimum Gasteiger partial charge on any atom is -0.489 e. The van der Waals surface area contributed by atoms with Crippen LogP contribution in [0.3, 0.4) is 0 Å². The van der Waals surface area contributed by atoms with Gasteiger partial charge in [-0.05, 0) is 56.0 Å². The van der Waals surface area contributed by atoms with Crippen molar-refractivity contribution in [3.8, 4) is 5.75 Å². The van der Waals surface area contributed by atoms with Crippen LogP contribution >= 0.6 is 0 Å². The lowest BCUT2D eigenvalue weighted by atomic mass is 9.85. The average molecular weight is 432 g/mol. The monoisotopic (exact) mass is 431 g/mol. The molecule has 6 heteroatoms. The number of hydrogen-bond donors (Lipinski definition) is 0. The molecule has 2 aliphatic heterocycles. The van der Waals surface area contributed by atoms with Crippen molar-refractivity contribution in [2.24, 2.45) is 5.92 Å². The highest BCUT2D eigenvalue weighted by Gasteiger charge is 2.36. The van der Waals surface area contributed by atoms with Crippen LogP contribution in [0.4, 0.5) is 0 Å². The molecule has 0 aliphatic carbocycles. The van der Waals surface area contributed by atoms with Crippen LogP contribution in [0.1, 0.15) is 46.6 Å². The van der Waals surface area contributed by atoms with E-state index in [1.807, 2.05) is 62.1 Å². The quantitative estimate of drug-likeness (QED) is 0.622. The Balaban J connectivity index is 1.31. The van der Waals surface area contributed by atoms with E-state index in [-0.39, 0.29) is 30.3 Å². The normalized spacial score (nSPS) is 20.8. The number of rotatable bonds is 3. The molecule has 166 valence electrons. The highest BCUT2D eigenvalue weighted by molar-refractivity contribution is 6.11. The predicted octanol–water partition coefficient (Wildman–Crippen LogP) is 4.23. The van der Waals surface area contributed by atoms with Crippen LogP contribution in [0.2, 0.25) is 0 Å². The molecule has 1 fully saturated rings. The lowest BCUT2D eigenvalue weighted by Gasteiger charge is -2.38. The van der Waals surface area contributed by atoms with Gasteiger partial charge in [0, 0.05) is 31.1 Å². The molecule has 1 aromatic heterocycles. The van der Waals surface area contributed by atoms with Gasteiger partial charge < -0.3 is 9.64 Å². The number of likely N-dealkylation sites (tertiary alicyclic amines) is 1. The molecule has 0 unspecified atom stereocenters. The fourth-order valence-corrected chi connectivity index (χ4v) is 5.10. The first-order valence-corrected chi connectivity index (χ1v) is 11.4. The molecular weight excluding hydrogens is 402 g/mol. The number of ketones is 1. The third-order valence-corrected chi connectivity index (χ3v) is 7.20. The van der Waals surface area contributed by atoms with E-state index in [4.69, 9.17) is 4.74 Å². The van der Waals surface area contributed by atoms with Gasteiger partial charge in [0.1, 0.15) is 18.4 Å². The molecule has 2 atom stereocenters. The summed E-state index contributed by atoms with van der Waals surface area (Å²) in [5, 5.41) is 6.52. The summed E-state index contributed by atoms with van der Waals surface area (Å²) in [6.07, 6.45) is 2.06. The molecule has 2 aromatic carbocycles. The molecule has 5 rings (SSSR count). The first kappa shape index (κ1) is 20.7. The van der Waals surface area contributed by atoms with Gasteiger partial charge in [-0.3, -0.25) is 14.3 Å². The van der Waals surface area contributed by atoms with Gasteiger partial charge in [0.05, 0.1) is 11.3 Å². The molecule has 1 saturated heterocycles. The van der Waals surface area contributed by atoms with Gasteiger partial charge in [-0.25, -0.2) is 0 Å². The average Bonchev–Trinajstić information content (AvgIpc) is 3.05. The Morgan fingerprint density at radius 2 is 1.97 bits per heavy atom. The zero-order valence-electron chi connectivity index (χ0n) is 18.9. The smallest absolute Gasteiger partial charge is 0.244 e. The third-order valence-electron chi connectivity index (χ3n) is 7.20. The Hall–Kier alpha value is -3.15. The Kier molecular flexibility index (Phi) is 5.24. The van der Waals surface area contributed by atoms with E-state index in [2.05, 4.69) is 5.10 Å². The molecular formula is C26H29N3O3. The van der Waals surface area contributed by atoms with Gasteiger partial charge in [-0.2, -0.15) is 5.10 Å². The first-order chi connectivity index (χ1) is 15.4. The SMILES string of the molecule is Cc1nn(CC(=O)N2CCC[C@H]([C@@H]3CC(=O)c4c(ccc5ccccc45)O3)C2)c(C)c1C. The van der Waals surface area contributed by atoms with Crippen molar-refractivity contribution in [2.75, 3.05) is 13.1 Å². The number of aryl methyl sites for hydroxylation is 1. The second-order valence-electron chi connectivity index (χ2n) is 9.14. The molecule has 3 heterocycles. The van der Waals surface area contributed by atoms with Gasteiger partial charge in [-0.15, -0.1) is 0 Å². The standard InChI is InChI=1S/C26H29N3O3/c1-16-17(2)27-29(18(16)3)15-25(31)28-12-6-8-20(14-28)24-13-22(30)26-21-9-5-4-7-19(21)10-11-23(26)32-24/h4-5,7,9-11,20,24H,6,8,12-15H2,1-3H3/t20-,24-/m0/s1. The number of benzene rings is 2. The molecule has 0 spiro atoms. The number of nitrogens with zero attached hydrogens (tertiary/aromatic N) is 3. The highest BCUT2D eigenvalue weighted by Crippen LogP contribution is 2.37. The number of ether oxygens (including phenoxy) is 1. The molecule has 0 N–H and O–H groups in total. The molecule has 0 bridgehead atoms. The Bertz CT molecular complexity index is 1210. The number of amides is 1. The molecule has 1 amide bonds. The van der Waals surface area contributed by atoms with E-state index in [0.29, 0.717) is 24.3 Å². The fraction of sp³-hybridized carbons (Fsp3) is 0.423. The van der Waals surface area contributed by atoms with E-state index in [1.54, 1.807) is 4.68 Å². The van der Waals surface area contributed by atoms with Crippen molar-refractivity contribution in [2.45, 2.75) is 52.7 Å². The van der Waals surface area contributed by atoms with E-state index < -0.39 is 0 Å². The van der Waals surface area contributed by atoms with Crippen molar-refractivity contribution in [3.05, 3.63) is 58.9 Å². The second-order valence-corrected chi connectivity index (χ2v) is 9.14. The summed E-state index contributed by atoms with van der Waals surface area (Å²) in [5.74, 6) is 1.04. The van der Waals surface area contributed by atoms with Crippen LogP contribution < -0.4 is 4.74 Å². The molecule has 3 aromatic rings. The molecule has 0 radical (unpaired) electrons. The van der Waals surface area contributed by atoms with Crippen LogP contribution in [0.25, 0.3) is 10.8 Å². The minimum atomic E-state index is -0.192. The van der Waals surface area contributed by atoms with Crippen LogP contribution in [-0.4, -0.2) is 45.6 Å². The highest BCUT2D eigenvalue weighted by atomic mass is 16.5. The minimum absolute atomic E-state index is 0.0776. The maximum absolute atomic E-state index is 13.1. The Morgan fingerprint density at radius 1 is 1.16 bits per heavy atom. The first-order valence-electron chi connectivity index (χ1n) is 11.4. The van der Waals surface area contributed by atoms with Gasteiger partial charge in [-0.1, -0.05) is 30.3 Å². The number of piperidine rings is 1. The van der Waals surface area contributed by atoms with Crippen LogP contribution in [-0.2, 0) is 11.3 Å². The van der Waals surface area contributed by atoms with Gasteiger partial charge in [0.2, 0.25) is 5.91 Å². The molecule has 0 saturated carbocycles. The summed E-state index contributed by atoms with van der Waals surface area (Å²) < 4.78 is 8.16. The third kappa shape index (κ3) is 3.57. The molecule has 32 heavy (non-hydrogen) atoms. The number of carbonyl (C=O) groups is 2. The van der Waals surface area contributed by atoms with Crippen molar-refractivity contribution in [1.29, 1.82) is 0 Å². The molecule has 6 nitrogen and oxygen atoms in total. The van der Waals surface area contributed by atoms with E-state index >= 15 is 0 Å². The Morgan fingerprint density at radius 3 is 2.75 bits per heavy atom. The lowest BCUT2D eigenvalue weighted by Crippen LogP contribution is -2.47. The van der Waals surface area contributed by atoms with Crippen molar-refractivity contribution < 1.29 is 14.3 Å². The van der Waals surface area contributed by atoms with Crippen molar-refractivity contribution in [1.82, 2.24) is 14.7 Å². The second kappa shape index (κ2) is 8.08. The fourth-order valence-electron chi connectivity index (χ4n) is 5.10. The van der Waals surface area contributed by atoms with E-state index in [9.17, 15) is 9.59 Å². The predicted molar refractivity (Wildman–Crippen MR) is 123 cm³/mol. The van der Waals surface area contributed by atoms with E-state index in [1.165, 1.54) is 0 Å². The summed E-state index contributed by atoms with van der Waals surface area (Å²) in [6, 6.07) is 11.9. The van der Waals surface area contributed by atoms with Crippen LogP contribution in [0.15, 0.2) is 36.4 Å². The summed E-state index contributed by atoms with van der Waals surface area (Å²) in [4.78, 5) is 28.1. The summed E-state index contributed by atoms with van der Waals surface area (Å²) in [7, 11) is 0. The Labute approximate surface area is 188 Å². The zero-order valence-corrected chi connectivity index (χ0v) is 18.9. The van der Waals surface area contributed by atoms with Crippen LogP contribution in [0, 0.1) is 26.7 Å². The maximum Gasteiger partial charge on any atom is 0.244 e. The van der Waals surface area contributed by atoms with Crippen LogP contribution in [0.5, 0.6) is 5.75 Å². The number of Topliss-reactive ketones (excluding diaryl/α,β-unsaturated/α-hetero) is 1. The summed E-state index contributed by atoms with van der Waals surface area (Å²) in [6.45, 7) is 7.64. The van der Waals surface area contributed by atoms with Crippen molar-refractivity contribution >= 4 is 22.5 Å². The number of aromatic nitrogens is 2. The lowest BCUT2D eigenvalue weighted by molar-refractivity contribution is -0.134. The number of hydrogen-bond acceptors (Lipinski definition) is 4.